The summed E-state index contributed by atoms with van der Waals surface area (Å²) in [6, 6.07) is -0.280. The number of phenols is 1. The van der Waals surface area contributed by atoms with Gasteiger partial charge in [0.05, 0.1) is 17.1 Å². The van der Waals surface area contributed by atoms with Gasteiger partial charge in [-0.25, -0.2) is 0 Å². The summed E-state index contributed by atoms with van der Waals surface area (Å²) in [5.41, 5.74) is 2.92. The Morgan fingerprint density at radius 1 is 1.28 bits per heavy atom. The monoisotopic (exact) mass is 402 g/mol. The van der Waals surface area contributed by atoms with Crippen molar-refractivity contribution in [2.45, 2.75) is 95.0 Å². The Kier molecular flexibility index (Phi) is 4.45. The molecule has 6 nitrogen and oxygen atoms in total. The van der Waals surface area contributed by atoms with E-state index in [1.165, 1.54) is 5.06 Å². The summed E-state index contributed by atoms with van der Waals surface area (Å²) in [4.78, 5) is 0. The van der Waals surface area contributed by atoms with Crippen molar-refractivity contribution in [3.63, 3.8) is 0 Å². The van der Waals surface area contributed by atoms with Gasteiger partial charge in [0.15, 0.2) is 11.5 Å². The van der Waals surface area contributed by atoms with Crippen LogP contribution in [0.25, 0.3) is 0 Å². The molecule has 2 fully saturated rings. The van der Waals surface area contributed by atoms with E-state index >= 15 is 0 Å². The average Bonchev–Trinajstić information content (AvgIpc) is 3.06. The quantitative estimate of drug-likeness (QED) is 0.787. The molecular weight excluding hydrogens is 370 g/mol. The Morgan fingerprint density at radius 3 is 2.79 bits per heavy atom. The molecule has 1 aromatic carbocycles. The zero-order chi connectivity index (χ0) is 20.6. The SMILES string of the molecule is CCCOC12CC[C@@H](O)[C@@H]3Oc4c(O)c(CCC)c(C)c5c4[C@@]31CCN([O-])[C@@H]2C5. The minimum atomic E-state index is -0.670. The van der Waals surface area contributed by atoms with Gasteiger partial charge in [0, 0.05) is 23.8 Å². The molecule has 1 aromatic rings. The lowest BCUT2D eigenvalue weighted by atomic mass is 9.48. The lowest BCUT2D eigenvalue weighted by molar-refractivity contribution is -0.227. The van der Waals surface area contributed by atoms with Crippen LogP contribution in [0.4, 0.5) is 0 Å². The van der Waals surface area contributed by atoms with Gasteiger partial charge >= 0.3 is 0 Å². The van der Waals surface area contributed by atoms with E-state index in [2.05, 4.69) is 20.8 Å². The molecule has 1 spiro atoms. The molecule has 5 atom stereocenters. The molecule has 0 radical (unpaired) electrons. The van der Waals surface area contributed by atoms with Gasteiger partial charge in [-0.3, -0.25) is 0 Å². The first-order chi connectivity index (χ1) is 13.9. The molecule has 1 unspecified atom stereocenters. The van der Waals surface area contributed by atoms with Crippen molar-refractivity contribution in [3.05, 3.63) is 27.5 Å². The van der Waals surface area contributed by atoms with Gasteiger partial charge in [0.25, 0.3) is 0 Å². The molecule has 1 saturated heterocycles. The summed E-state index contributed by atoms with van der Waals surface area (Å²) >= 11 is 0. The van der Waals surface area contributed by atoms with Gasteiger partial charge in [-0.05, 0) is 63.1 Å². The molecule has 2 heterocycles. The third kappa shape index (κ3) is 2.21. The Labute approximate surface area is 172 Å². The summed E-state index contributed by atoms with van der Waals surface area (Å²) in [6.45, 7) is 7.23. The van der Waals surface area contributed by atoms with Gasteiger partial charge < -0.3 is 30.0 Å². The van der Waals surface area contributed by atoms with Crippen molar-refractivity contribution in [2.24, 2.45) is 0 Å². The number of nitrogens with zero attached hydrogens (tertiary/aromatic N) is 1. The highest BCUT2D eigenvalue weighted by molar-refractivity contribution is 5.68. The summed E-state index contributed by atoms with van der Waals surface area (Å²) in [6.07, 6.45) is 3.86. The lowest BCUT2D eigenvalue weighted by Gasteiger charge is -2.67. The number of rotatable bonds is 5. The van der Waals surface area contributed by atoms with E-state index in [1.54, 1.807) is 0 Å². The molecule has 0 aromatic heterocycles. The maximum atomic E-state index is 13.1. The summed E-state index contributed by atoms with van der Waals surface area (Å²) in [5.74, 6) is 0.772. The number of piperidine rings is 1. The van der Waals surface area contributed by atoms with Gasteiger partial charge in [-0.15, -0.1) is 0 Å². The van der Waals surface area contributed by atoms with E-state index < -0.39 is 23.2 Å². The predicted molar refractivity (Wildman–Crippen MR) is 109 cm³/mol. The number of aliphatic hydroxyl groups is 1. The molecule has 1 saturated carbocycles. The molecule has 2 aliphatic heterocycles. The number of phenolic OH excluding ortho intramolecular Hbond substituents is 1. The predicted octanol–water partition coefficient (Wildman–Crippen LogP) is 3.10. The van der Waals surface area contributed by atoms with Crippen LogP contribution in [0.15, 0.2) is 0 Å². The topological polar surface area (TPSA) is 85.2 Å². The first kappa shape index (κ1) is 19.6. The van der Waals surface area contributed by atoms with E-state index in [0.717, 1.165) is 41.5 Å². The molecule has 160 valence electrons. The number of hydroxylamine groups is 2. The normalized spacial score (nSPS) is 37.3. The van der Waals surface area contributed by atoms with Crippen molar-refractivity contribution >= 4 is 0 Å². The second-order valence-electron chi connectivity index (χ2n) is 9.35. The van der Waals surface area contributed by atoms with Crippen LogP contribution in [0.5, 0.6) is 11.5 Å². The number of ether oxygens (including phenoxy) is 2. The Balaban J connectivity index is 1.81. The average molecular weight is 403 g/mol. The van der Waals surface area contributed by atoms with E-state index in [0.29, 0.717) is 44.6 Å². The van der Waals surface area contributed by atoms with E-state index in [4.69, 9.17) is 9.47 Å². The van der Waals surface area contributed by atoms with Crippen molar-refractivity contribution in [3.8, 4) is 11.5 Å². The van der Waals surface area contributed by atoms with Crippen LogP contribution in [-0.4, -0.2) is 52.3 Å². The van der Waals surface area contributed by atoms with Crippen LogP contribution in [0, 0.1) is 12.1 Å². The minimum absolute atomic E-state index is 0.228. The first-order valence-corrected chi connectivity index (χ1v) is 11.2. The maximum Gasteiger partial charge on any atom is 0.166 e. The van der Waals surface area contributed by atoms with E-state index in [1.807, 2.05) is 0 Å². The smallest absolute Gasteiger partial charge is 0.166 e. The summed E-state index contributed by atoms with van der Waals surface area (Å²) in [5, 5.41) is 36.5. The Bertz CT molecular complexity index is 837. The van der Waals surface area contributed by atoms with Crippen molar-refractivity contribution in [1.82, 2.24) is 5.06 Å². The fourth-order valence-electron chi connectivity index (χ4n) is 6.96. The van der Waals surface area contributed by atoms with Gasteiger partial charge in [0.1, 0.15) is 6.10 Å². The van der Waals surface area contributed by atoms with Crippen LogP contribution in [-0.2, 0) is 23.0 Å². The number of benzene rings is 1. The number of hydrogen-bond donors (Lipinski definition) is 2. The van der Waals surface area contributed by atoms with Crippen molar-refractivity contribution in [1.29, 1.82) is 0 Å². The second kappa shape index (κ2) is 6.58. The highest BCUT2D eigenvalue weighted by Crippen LogP contribution is 2.67. The van der Waals surface area contributed by atoms with Gasteiger partial charge in [-0.1, -0.05) is 20.3 Å². The fourth-order valence-corrected chi connectivity index (χ4v) is 6.96. The third-order valence-electron chi connectivity index (χ3n) is 8.10. The molecule has 2 N–H and O–H groups in total. The zero-order valence-electron chi connectivity index (χ0n) is 17.7. The van der Waals surface area contributed by atoms with Gasteiger partial charge in [0.2, 0.25) is 0 Å². The number of hydrogen-bond acceptors (Lipinski definition) is 6. The largest absolute Gasteiger partial charge is 0.785 e. The number of aliphatic hydroxyl groups excluding tert-OH is 1. The molecule has 4 aliphatic rings. The second-order valence-corrected chi connectivity index (χ2v) is 9.35. The van der Waals surface area contributed by atoms with E-state index in [9.17, 15) is 15.4 Å². The zero-order valence-corrected chi connectivity index (χ0v) is 17.7. The Hall–Kier alpha value is -1.34. The number of aromatic hydroxyl groups is 1. The van der Waals surface area contributed by atoms with Crippen molar-refractivity contribution < 1.29 is 19.7 Å². The molecule has 2 aliphatic carbocycles. The fraction of sp³-hybridized carbons (Fsp3) is 0.739. The lowest BCUT2D eigenvalue weighted by Crippen LogP contribution is -2.77. The third-order valence-corrected chi connectivity index (χ3v) is 8.10. The highest BCUT2D eigenvalue weighted by atomic mass is 16.5. The minimum Gasteiger partial charge on any atom is -0.785 e. The Morgan fingerprint density at radius 2 is 2.07 bits per heavy atom. The van der Waals surface area contributed by atoms with Crippen LogP contribution in [0.1, 0.15) is 68.2 Å². The molecule has 29 heavy (non-hydrogen) atoms. The first-order valence-electron chi connectivity index (χ1n) is 11.2. The molecular formula is C23H32NO5-. The van der Waals surface area contributed by atoms with Crippen LogP contribution >= 0.6 is 0 Å². The molecule has 2 bridgehead atoms. The van der Waals surface area contributed by atoms with Crippen molar-refractivity contribution in [2.75, 3.05) is 13.2 Å². The van der Waals surface area contributed by atoms with E-state index in [-0.39, 0.29) is 11.8 Å². The van der Waals surface area contributed by atoms with Gasteiger partial charge in [-0.2, -0.15) is 0 Å². The molecule has 5 rings (SSSR count). The highest BCUT2D eigenvalue weighted by Gasteiger charge is 2.73. The molecule has 6 heteroatoms. The summed E-state index contributed by atoms with van der Waals surface area (Å²) in [7, 11) is 0. The maximum absolute atomic E-state index is 13.1. The van der Waals surface area contributed by atoms with Crippen LogP contribution in [0.3, 0.4) is 0 Å². The van der Waals surface area contributed by atoms with Crippen LogP contribution < -0.4 is 4.74 Å². The van der Waals surface area contributed by atoms with Crippen LogP contribution in [0.2, 0.25) is 0 Å². The molecule has 0 amide bonds. The summed E-state index contributed by atoms with van der Waals surface area (Å²) < 4.78 is 13.0. The standard InChI is InChI=1S/C23H32NO5/c1-4-6-14-13(3)15-12-17-23(28-11-5-2)8-7-16(25)21-22(23,9-10-24(17)27)18(15)20(29-21)19(14)26/h16-17,21,25-26H,4-12H2,1-3H3/q-1/t16-,17-,21+,22+,23?/m1/s1.